The van der Waals surface area contributed by atoms with Crippen LogP contribution in [0.4, 0.5) is 4.39 Å². The summed E-state index contributed by atoms with van der Waals surface area (Å²) < 4.78 is 18.6. The van der Waals surface area contributed by atoms with Gasteiger partial charge in [0.1, 0.15) is 12.8 Å². The average molecular weight is 274 g/mol. The summed E-state index contributed by atoms with van der Waals surface area (Å²) >= 11 is 0. The first-order chi connectivity index (χ1) is 9.15. The van der Waals surface area contributed by atoms with E-state index in [4.69, 9.17) is 4.74 Å². The highest BCUT2D eigenvalue weighted by Gasteiger charge is 2.19. The van der Waals surface area contributed by atoms with Gasteiger partial charge in [-0.1, -0.05) is 59.3 Å². The normalized spacial score (nSPS) is 14.1. The van der Waals surface area contributed by atoms with Gasteiger partial charge in [0.2, 0.25) is 0 Å². The Kier molecular flexibility index (Phi) is 12.0. The van der Waals surface area contributed by atoms with Crippen molar-refractivity contribution < 1.29 is 13.9 Å². The maximum absolute atomic E-state index is 13.5. The maximum Gasteiger partial charge on any atom is 0.309 e. The minimum Gasteiger partial charge on any atom is -0.462 e. The van der Waals surface area contributed by atoms with Crippen LogP contribution in [-0.4, -0.2) is 18.7 Å². The van der Waals surface area contributed by atoms with E-state index in [0.717, 1.165) is 51.4 Å². The number of hydrogen-bond donors (Lipinski definition) is 0. The van der Waals surface area contributed by atoms with Crippen LogP contribution < -0.4 is 0 Å². The number of carbonyl (C=O) groups excluding carboxylic acids is 1. The molecule has 0 N–H and O–H groups in total. The molecule has 2 unspecified atom stereocenters. The lowest BCUT2D eigenvalue weighted by molar-refractivity contribution is -0.150. The van der Waals surface area contributed by atoms with Gasteiger partial charge in [0.15, 0.2) is 0 Å². The predicted molar refractivity (Wildman–Crippen MR) is 77.9 cm³/mol. The van der Waals surface area contributed by atoms with Gasteiger partial charge in [0, 0.05) is 0 Å². The molecule has 0 heterocycles. The summed E-state index contributed by atoms with van der Waals surface area (Å²) in [6, 6.07) is 0. The average Bonchev–Trinajstić information content (AvgIpc) is 2.42. The number of esters is 1. The summed E-state index contributed by atoms with van der Waals surface area (Å²) in [5, 5.41) is 0. The SMILES string of the molecule is CCCCCCC(F)COC(=O)C(CC)CCCC. The van der Waals surface area contributed by atoms with Gasteiger partial charge in [-0.25, -0.2) is 4.39 Å². The molecule has 0 fully saturated rings. The molecule has 19 heavy (non-hydrogen) atoms. The first-order valence-corrected chi connectivity index (χ1v) is 7.96. The van der Waals surface area contributed by atoms with Crippen LogP contribution >= 0.6 is 0 Å². The minimum absolute atomic E-state index is 0.0489. The molecule has 0 aliphatic heterocycles. The topological polar surface area (TPSA) is 26.3 Å². The maximum atomic E-state index is 13.5. The Balaban J connectivity index is 3.73. The van der Waals surface area contributed by atoms with Crippen LogP contribution in [0.15, 0.2) is 0 Å². The van der Waals surface area contributed by atoms with Gasteiger partial charge in [-0.05, 0) is 19.3 Å². The van der Waals surface area contributed by atoms with Crippen LogP contribution in [0.25, 0.3) is 0 Å². The zero-order chi connectivity index (χ0) is 14.5. The van der Waals surface area contributed by atoms with E-state index in [-0.39, 0.29) is 18.5 Å². The predicted octanol–water partition coefficient (Wildman–Crippen LogP) is 5.05. The zero-order valence-corrected chi connectivity index (χ0v) is 12.9. The number of alkyl halides is 1. The Hall–Kier alpha value is -0.600. The number of halogens is 1. The van der Waals surface area contributed by atoms with Gasteiger partial charge in [-0.3, -0.25) is 4.79 Å². The number of rotatable bonds is 12. The van der Waals surface area contributed by atoms with Crippen molar-refractivity contribution in [2.24, 2.45) is 5.92 Å². The summed E-state index contributed by atoms with van der Waals surface area (Å²) in [7, 11) is 0. The molecule has 0 aromatic carbocycles. The highest BCUT2D eigenvalue weighted by atomic mass is 19.1. The van der Waals surface area contributed by atoms with Crippen molar-refractivity contribution >= 4 is 5.97 Å². The summed E-state index contributed by atoms with van der Waals surface area (Å²) in [6.07, 6.45) is 7.53. The van der Waals surface area contributed by atoms with Crippen molar-refractivity contribution in [2.45, 2.75) is 84.7 Å². The van der Waals surface area contributed by atoms with E-state index in [9.17, 15) is 9.18 Å². The fourth-order valence-electron chi connectivity index (χ4n) is 2.11. The Morgan fingerprint density at radius 3 is 2.26 bits per heavy atom. The largest absolute Gasteiger partial charge is 0.462 e. The van der Waals surface area contributed by atoms with Gasteiger partial charge >= 0.3 is 5.97 Å². The highest BCUT2D eigenvalue weighted by Crippen LogP contribution is 2.15. The van der Waals surface area contributed by atoms with Crippen LogP contribution in [0, 0.1) is 5.92 Å². The van der Waals surface area contributed by atoms with E-state index in [1.165, 1.54) is 0 Å². The third-order valence-corrected chi connectivity index (χ3v) is 3.51. The molecule has 0 aliphatic rings. The first-order valence-electron chi connectivity index (χ1n) is 7.96. The second-order valence-corrected chi connectivity index (χ2v) is 5.32. The number of ether oxygens (including phenoxy) is 1. The smallest absolute Gasteiger partial charge is 0.309 e. The van der Waals surface area contributed by atoms with Crippen molar-refractivity contribution in [2.75, 3.05) is 6.61 Å². The Morgan fingerprint density at radius 1 is 1.00 bits per heavy atom. The second kappa shape index (κ2) is 12.4. The van der Waals surface area contributed by atoms with Crippen molar-refractivity contribution in [3.8, 4) is 0 Å². The molecule has 0 rings (SSSR count). The molecular formula is C16H31FO2. The van der Waals surface area contributed by atoms with E-state index >= 15 is 0 Å². The fraction of sp³-hybridized carbons (Fsp3) is 0.938. The molecule has 0 aliphatic carbocycles. The third kappa shape index (κ3) is 9.92. The van der Waals surface area contributed by atoms with Gasteiger partial charge in [0.25, 0.3) is 0 Å². The van der Waals surface area contributed by atoms with Crippen molar-refractivity contribution in [1.29, 1.82) is 0 Å². The van der Waals surface area contributed by atoms with Gasteiger partial charge in [0.05, 0.1) is 5.92 Å². The van der Waals surface area contributed by atoms with E-state index < -0.39 is 6.17 Å². The van der Waals surface area contributed by atoms with E-state index in [1.807, 2.05) is 6.92 Å². The molecule has 0 amide bonds. The summed E-state index contributed by atoms with van der Waals surface area (Å²) in [6.45, 7) is 6.16. The molecule has 2 atom stereocenters. The summed E-state index contributed by atoms with van der Waals surface area (Å²) in [4.78, 5) is 11.8. The lowest BCUT2D eigenvalue weighted by Crippen LogP contribution is -2.21. The standard InChI is InChI=1S/C16H31FO2/c1-4-7-9-10-12-15(17)13-19-16(18)14(6-3)11-8-5-2/h14-15H,4-13H2,1-3H3. The number of carbonyl (C=O) groups is 1. The van der Waals surface area contributed by atoms with Crippen molar-refractivity contribution in [3.05, 3.63) is 0 Å². The zero-order valence-electron chi connectivity index (χ0n) is 12.9. The van der Waals surface area contributed by atoms with Crippen LogP contribution in [0.3, 0.4) is 0 Å². The van der Waals surface area contributed by atoms with Crippen LogP contribution in [-0.2, 0) is 9.53 Å². The summed E-state index contributed by atoms with van der Waals surface area (Å²) in [5.41, 5.74) is 0. The van der Waals surface area contributed by atoms with Crippen molar-refractivity contribution in [1.82, 2.24) is 0 Å². The van der Waals surface area contributed by atoms with Crippen LogP contribution in [0.2, 0.25) is 0 Å². The van der Waals surface area contributed by atoms with Crippen molar-refractivity contribution in [3.63, 3.8) is 0 Å². The minimum atomic E-state index is -0.996. The van der Waals surface area contributed by atoms with E-state index in [2.05, 4.69) is 13.8 Å². The molecule has 114 valence electrons. The molecule has 0 spiro atoms. The molecule has 2 nitrogen and oxygen atoms in total. The van der Waals surface area contributed by atoms with Gasteiger partial charge < -0.3 is 4.74 Å². The Morgan fingerprint density at radius 2 is 1.68 bits per heavy atom. The summed E-state index contributed by atoms with van der Waals surface area (Å²) in [5.74, 6) is -0.264. The second-order valence-electron chi connectivity index (χ2n) is 5.32. The van der Waals surface area contributed by atoms with Gasteiger partial charge in [-0.15, -0.1) is 0 Å². The molecule has 0 saturated carbocycles. The quantitative estimate of drug-likeness (QED) is 0.367. The fourth-order valence-corrected chi connectivity index (χ4v) is 2.11. The highest BCUT2D eigenvalue weighted by molar-refractivity contribution is 5.72. The van der Waals surface area contributed by atoms with E-state index in [0.29, 0.717) is 6.42 Å². The molecular weight excluding hydrogens is 243 g/mol. The third-order valence-electron chi connectivity index (χ3n) is 3.51. The number of unbranched alkanes of at least 4 members (excludes halogenated alkanes) is 4. The van der Waals surface area contributed by atoms with Crippen LogP contribution in [0.1, 0.15) is 78.6 Å². The first kappa shape index (κ1) is 18.4. The number of hydrogen-bond acceptors (Lipinski definition) is 2. The lowest BCUT2D eigenvalue weighted by atomic mass is 10.00. The molecule has 0 aromatic rings. The lowest BCUT2D eigenvalue weighted by Gasteiger charge is -2.15. The van der Waals surface area contributed by atoms with Gasteiger partial charge in [-0.2, -0.15) is 0 Å². The van der Waals surface area contributed by atoms with Crippen LogP contribution in [0.5, 0.6) is 0 Å². The molecule has 3 heteroatoms. The Labute approximate surface area is 118 Å². The molecule has 0 bridgehead atoms. The molecule has 0 aromatic heterocycles. The Bertz CT molecular complexity index is 219. The van der Waals surface area contributed by atoms with E-state index in [1.54, 1.807) is 0 Å². The monoisotopic (exact) mass is 274 g/mol. The molecule has 0 radical (unpaired) electrons. The molecule has 0 saturated heterocycles.